The van der Waals surface area contributed by atoms with Crippen LogP contribution in [0.1, 0.15) is 16.8 Å². The lowest BCUT2D eigenvalue weighted by Crippen LogP contribution is -2.28. The molecule has 2 N–H and O–H groups in total. The Bertz CT molecular complexity index is 636. The summed E-state index contributed by atoms with van der Waals surface area (Å²) in [5.41, 5.74) is 0.103. The SMILES string of the molecule is O=C(CCn1cc(C(=O)O)cn1)NCCn1cc(Cl)cn1. The van der Waals surface area contributed by atoms with Gasteiger partial charge in [-0.25, -0.2) is 4.79 Å². The Morgan fingerprint density at radius 3 is 2.52 bits per heavy atom. The van der Waals surface area contributed by atoms with Crippen molar-refractivity contribution in [3.8, 4) is 0 Å². The predicted molar refractivity (Wildman–Crippen MR) is 74.1 cm³/mol. The van der Waals surface area contributed by atoms with Crippen LogP contribution >= 0.6 is 11.6 Å². The van der Waals surface area contributed by atoms with Crippen LogP contribution < -0.4 is 5.32 Å². The molecule has 1 amide bonds. The van der Waals surface area contributed by atoms with Crippen molar-refractivity contribution in [2.75, 3.05) is 6.54 Å². The molecule has 112 valence electrons. The number of nitrogens with zero attached hydrogens (tertiary/aromatic N) is 4. The third-order valence-electron chi connectivity index (χ3n) is 2.71. The number of hydrogen-bond donors (Lipinski definition) is 2. The molecule has 0 fully saturated rings. The molecule has 0 aromatic carbocycles. The molecule has 0 unspecified atom stereocenters. The Hall–Kier alpha value is -2.35. The molecule has 0 aliphatic carbocycles. The third-order valence-corrected chi connectivity index (χ3v) is 2.91. The predicted octanol–water partition coefficient (Wildman–Crippen LogP) is 0.638. The first-order valence-electron chi connectivity index (χ1n) is 6.25. The van der Waals surface area contributed by atoms with Crippen molar-refractivity contribution >= 4 is 23.5 Å². The second-order valence-corrected chi connectivity index (χ2v) is 4.76. The van der Waals surface area contributed by atoms with E-state index in [0.717, 1.165) is 0 Å². The summed E-state index contributed by atoms with van der Waals surface area (Å²) in [5, 5.41) is 19.9. The van der Waals surface area contributed by atoms with Crippen LogP contribution in [-0.4, -0.2) is 43.1 Å². The van der Waals surface area contributed by atoms with E-state index in [1.807, 2.05) is 0 Å². The Morgan fingerprint density at radius 2 is 1.90 bits per heavy atom. The minimum atomic E-state index is -1.04. The molecule has 0 saturated heterocycles. The number of aromatic nitrogens is 4. The van der Waals surface area contributed by atoms with E-state index >= 15 is 0 Å². The van der Waals surface area contributed by atoms with Crippen molar-refractivity contribution in [2.45, 2.75) is 19.5 Å². The van der Waals surface area contributed by atoms with Gasteiger partial charge in [0.05, 0.1) is 29.5 Å². The number of carboxylic acid groups (broad SMARTS) is 1. The molecular weight excluding hydrogens is 298 g/mol. The number of rotatable bonds is 7. The van der Waals surface area contributed by atoms with Gasteiger partial charge in [0.25, 0.3) is 0 Å². The molecule has 0 bridgehead atoms. The summed E-state index contributed by atoms with van der Waals surface area (Å²) in [6.07, 6.45) is 6.07. The zero-order valence-electron chi connectivity index (χ0n) is 11.1. The summed E-state index contributed by atoms with van der Waals surface area (Å²) in [6.45, 7) is 1.30. The van der Waals surface area contributed by atoms with Crippen molar-refractivity contribution in [1.82, 2.24) is 24.9 Å². The molecule has 2 heterocycles. The molecule has 0 aliphatic rings. The molecule has 21 heavy (non-hydrogen) atoms. The van der Waals surface area contributed by atoms with Crippen LogP contribution in [0.5, 0.6) is 0 Å². The maximum Gasteiger partial charge on any atom is 0.338 e. The summed E-state index contributed by atoms with van der Waals surface area (Å²) < 4.78 is 3.06. The normalized spacial score (nSPS) is 10.5. The quantitative estimate of drug-likeness (QED) is 0.781. The number of carbonyl (C=O) groups excluding carboxylic acids is 1. The van der Waals surface area contributed by atoms with Gasteiger partial charge in [0.2, 0.25) is 5.91 Å². The molecule has 8 nitrogen and oxygen atoms in total. The first-order valence-corrected chi connectivity index (χ1v) is 6.63. The minimum absolute atomic E-state index is 0.103. The first-order chi connectivity index (χ1) is 10.0. The molecule has 2 rings (SSSR count). The third kappa shape index (κ3) is 4.60. The van der Waals surface area contributed by atoms with Gasteiger partial charge in [-0.05, 0) is 0 Å². The number of halogens is 1. The van der Waals surface area contributed by atoms with Crippen molar-refractivity contribution in [2.24, 2.45) is 0 Å². The number of aromatic carboxylic acids is 1. The molecule has 0 spiro atoms. The largest absolute Gasteiger partial charge is 0.478 e. The highest BCUT2D eigenvalue weighted by atomic mass is 35.5. The van der Waals surface area contributed by atoms with Crippen LogP contribution in [0.4, 0.5) is 0 Å². The molecule has 2 aromatic rings. The molecule has 0 saturated carbocycles. The van der Waals surface area contributed by atoms with E-state index in [0.29, 0.717) is 24.7 Å². The number of amides is 1. The lowest BCUT2D eigenvalue weighted by Gasteiger charge is -2.05. The van der Waals surface area contributed by atoms with Crippen molar-refractivity contribution in [3.05, 3.63) is 35.4 Å². The molecule has 9 heteroatoms. The van der Waals surface area contributed by atoms with Gasteiger partial charge in [-0.3, -0.25) is 14.2 Å². The number of aryl methyl sites for hydroxylation is 1. The maximum absolute atomic E-state index is 11.6. The van der Waals surface area contributed by atoms with Gasteiger partial charge in [-0.1, -0.05) is 11.6 Å². The number of carboxylic acids is 1. The lowest BCUT2D eigenvalue weighted by molar-refractivity contribution is -0.121. The van der Waals surface area contributed by atoms with E-state index in [1.54, 1.807) is 10.9 Å². The van der Waals surface area contributed by atoms with E-state index in [4.69, 9.17) is 16.7 Å². The summed E-state index contributed by atoms with van der Waals surface area (Å²) in [5.74, 6) is -1.18. The zero-order chi connectivity index (χ0) is 15.2. The van der Waals surface area contributed by atoms with Crippen LogP contribution in [0, 0.1) is 0 Å². The molecule has 2 aromatic heterocycles. The molecule has 0 aliphatic heterocycles. The fraction of sp³-hybridized carbons (Fsp3) is 0.333. The summed E-state index contributed by atoms with van der Waals surface area (Å²) in [6, 6.07) is 0. The standard InChI is InChI=1S/C12H14ClN5O3/c13-10-6-16-18(8-10)4-2-14-11(19)1-3-17-7-9(5-15-17)12(20)21/h5-8H,1-4H2,(H,14,19)(H,20,21). The van der Waals surface area contributed by atoms with E-state index in [1.165, 1.54) is 23.3 Å². The van der Waals surface area contributed by atoms with Crippen molar-refractivity contribution < 1.29 is 14.7 Å². The summed E-state index contributed by atoms with van der Waals surface area (Å²) >= 11 is 5.72. The van der Waals surface area contributed by atoms with Gasteiger partial charge >= 0.3 is 5.97 Å². The molecular formula is C12H14ClN5O3. The second-order valence-electron chi connectivity index (χ2n) is 4.32. The van der Waals surface area contributed by atoms with Gasteiger partial charge < -0.3 is 10.4 Å². The maximum atomic E-state index is 11.6. The van der Waals surface area contributed by atoms with Crippen LogP contribution in [0.15, 0.2) is 24.8 Å². The van der Waals surface area contributed by atoms with E-state index in [2.05, 4.69) is 15.5 Å². The zero-order valence-corrected chi connectivity index (χ0v) is 11.8. The fourth-order valence-corrected chi connectivity index (χ4v) is 1.83. The number of hydrogen-bond acceptors (Lipinski definition) is 4. The van der Waals surface area contributed by atoms with Gasteiger partial charge in [0.15, 0.2) is 0 Å². The monoisotopic (exact) mass is 311 g/mol. The second kappa shape index (κ2) is 6.89. The summed E-state index contributed by atoms with van der Waals surface area (Å²) in [4.78, 5) is 22.3. The van der Waals surface area contributed by atoms with Crippen LogP contribution in [0.25, 0.3) is 0 Å². The van der Waals surface area contributed by atoms with Crippen LogP contribution in [0.2, 0.25) is 5.02 Å². The Morgan fingerprint density at radius 1 is 1.19 bits per heavy atom. The Kier molecular flexibility index (Phi) is 4.94. The van der Waals surface area contributed by atoms with Crippen LogP contribution in [0.3, 0.4) is 0 Å². The average Bonchev–Trinajstić information content (AvgIpc) is 3.05. The van der Waals surface area contributed by atoms with Gasteiger partial charge in [0.1, 0.15) is 0 Å². The van der Waals surface area contributed by atoms with Gasteiger partial charge in [-0.15, -0.1) is 0 Å². The van der Waals surface area contributed by atoms with Crippen molar-refractivity contribution in [1.29, 1.82) is 0 Å². The van der Waals surface area contributed by atoms with E-state index < -0.39 is 5.97 Å². The average molecular weight is 312 g/mol. The lowest BCUT2D eigenvalue weighted by atomic mass is 10.3. The highest BCUT2D eigenvalue weighted by molar-refractivity contribution is 6.30. The molecule has 0 radical (unpaired) electrons. The highest BCUT2D eigenvalue weighted by Gasteiger charge is 2.07. The van der Waals surface area contributed by atoms with Gasteiger partial charge in [0, 0.05) is 31.9 Å². The molecule has 0 atom stereocenters. The topological polar surface area (TPSA) is 102 Å². The first kappa shape index (κ1) is 15.0. The number of carbonyl (C=O) groups is 2. The van der Waals surface area contributed by atoms with Crippen LogP contribution in [-0.2, 0) is 17.9 Å². The van der Waals surface area contributed by atoms with Crippen molar-refractivity contribution in [3.63, 3.8) is 0 Å². The minimum Gasteiger partial charge on any atom is -0.478 e. The highest BCUT2D eigenvalue weighted by Crippen LogP contribution is 2.03. The van der Waals surface area contributed by atoms with E-state index in [9.17, 15) is 9.59 Å². The Labute approximate surface area is 125 Å². The van der Waals surface area contributed by atoms with E-state index in [-0.39, 0.29) is 17.9 Å². The smallest absolute Gasteiger partial charge is 0.338 e. The van der Waals surface area contributed by atoms with Gasteiger partial charge in [-0.2, -0.15) is 10.2 Å². The fourth-order valence-electron chi connectivity index (χ4n) is 1.67. The number of nitrogens with one attached hydrogen (secondary N) is 1. The summed E-state index contributed by atoms with van der Waals surface area (Å²) in [7, 11) is 0. The Balaban J connectivity index is 1.68.